The van der Waals surface area contributed by atoms with Crippen molar-refractivity contribution in [3.05, 3.63) is 54.4 Å². The van der Waals surface area contributed by atoms with Gasteiger partial charge in [-0.15, -0.1) is 0 Å². The molecule has 0 aliphatic carbocycles. The number of aromatic nitrogens is 1. The van der Waals surface area contributed by atoms with Crippen molar-refractivity contribution >= 4 is 19.9 Å². The van der Waals surface area contributed by atoms with Gasteiger partial charge < -0.3 is 4.90 Å². The summed E-state index contributed by atoms with van der Waals surface area (Å²) in [7, 11) is -3.52. The van der Waals surface area contributed by atoms with E-state index in [-0.39, 0.29) is 15.8 Å². The third-order valence-electron chi connectivity index (χ3n) is 5.73. The maximum absolute atomic E-state index is 13.6. The summed E-state index contributed by atoms with van der Waals surface area (Å²) < 4.78 is 52.7. The molecule has 0 bridgehead atoms. The van der Waals surface area contributed by atoms with Crippen molar-refractivity contribution in [3.8, 4) is 0 Å². The van der Waals surface area contributed by atoms with Gasteiger partial charge in [-0.1, -0.05) is 6.07 Å². The minimum absolute atomic E-state index is 0.0123. The molecule has 3 rings (SSSR count). The van der Waals surface area contributed by atoms with Crippen LogP contribution in [-0.2, 0) is 26.4 Å². The summed E-state index contributed by atoms with van der Waals surface area (Å²) in [6.07, 6.45) is 6.10. The second kappa shape index (κ2) is 10.4. The highest BCUT2D eigenvalue weighted by molar-refractivity contribution is 7.91. The number of hydrogen-bond donors (Lipinski definition) is 0. The Labute approximate surface area is 191 Å². The first kappa shape index (κ1) is 24.8. The van der Waals surface area contributed by atoms with Crippen LogP contribution in [0.5, 0.6) is 0 Å². The van der Waals surface area contributed by atoms with E-state index in [1.54, 1.807) is 16.7 Å². The normalized spacial score (nSPS) is 16.7. The lowest BCUT2D eigenvalue weighted by molar-refractivity contribution is 0.149. The Hall–Kier alpha value is -1.85. The zero-order valence-corrected chi connectivity index (χ0v) is 20.5. The van der Waals surface area contributed by atoms with Crippen LogP contribution in [0.2, 0.25) is 0 Å². The van der Waals surface area contributed by atoms with Crippen LogP contribution in [0.4, 0.5) is 0 Å². The minimum atomic E-state index is -3.84. The fourth-order valence-corrected chi connectivity index (χ4v) is 6.37. The van der Waals surface area contributed by atoms with E-state index in [2.05, 4.69) is 9.88 Å². The monoisotopic (exact) mass is 480 g/mol. The van der Waals surface area contributed by atoms with Gasteiger partial charge in [0.05, 0.1) is 9.79 Å². The van der Waals surface area contributed by atoms with Gasteiger partial charge in [-0.2, -0.15) is 4.31 Å². The number of sulfonamides is 1. The van der Waals surface area contributed by atoms with Gasteiger partial charge in [0.2, 0.25) is 10.0 Å². The average Bonchev–Trinajstić information content (AvgIpc) is 2.75. The summed E-state index contributed by atoms with van der Waals surface area (Å²) in [5.74, 6) is 0. The summed E-state index contributed by atoms with van der Waals surface area (Å²) in [4.78, 5) is 8.37. The second-order valence-corrected chi connectivity index (χ2v) is 12.4. The van der Waals surface area contributed by atoms with Crippen LogP contribution in [0.1, 0.15) is 18.4 Å². The molecule has 32 heavy (non-hydrogen) atoms. The molecule has 0 atom stereocenters. The molecule has 0 amide bonds. The zero-order valence-electron chi connectivity index (χ0n) is 18.9. The second-order valence-electron chi connectivity index (χ2n) is 8.53. The molecule has 1 fully saturated rings. The van der Waals surface area contributed by atoms with Crippen LogP contribution in [0.15, 0.2) is 58.6 Å². The predicted octanol–water partition coefficient (Wildman–Crippen LogP) is 1.70. The SMILES string of the molecule is CN(C)CCN(C1CCN(Cc2ccncc2)CC1)S(=O)(=O)c1cccc(S(C)(=O)=O)c1. The van der Waals surface area contributed by atoms with Gasteiger partial charge in [0.25, 0.3) is 0 Å². The fraction of sp³-hybridized carbons (Fsp3) is 0.500. The lowest BCUT2D eigenvalue weighted by Crippen LogP contribution is -2.49. The van der Waals surface area contributed by atoms with Crippen molar-refractivity contribution < 1.29 is 16.8 Å². The highest BCUT2D eigenvalue weighted by Gasteiger charge is 2.34. The van der Waals surface area contributed by atoms with E-state index in [1.807, 2.05) is 31.1 Å². The van der Waals surface area contributed by atoms with E-state index in [0.29, 0.717) is 13.1 Å². The van der Waals surface area contributed by atoms with Crippen molar-refractivity contribution in [3.63, 3.8) is 0 Å². The Bertz CT molecular complexity index is 1100. The summed E-state index contributed by atoms with van der Waals surface area (Å²) >= 11 is 0. The minimum Gasteiger partial charge on any atom is -0.308 e. The Kier molecular flexibility index (Phi) is 8.05. The summed E-state index contributed by atoms with van der Waals surface area (Å²) in [6.45, 7) is 3.35. The van der Waals surface area contributed by atoms with Gasteiger partial charge in [-0.25, -0.2) is 16.8 Å². The highest BCUT2D eigenvalue weighted by Crippen LogP contribution is 2.26. The number of piperidine rings is 1. The number of pyridine rings is 1. The molecule has 176 valence electrons. The van der Waals surface area contributed by atoms with Gasteiger partial charge in [0.1, 0.15) is 0 Å². The van der Waals surface area contributed by atoms with Crippen LogP contribution in [0, 0.1) is 0 Å². The number of likely N-dealkylation sites (tertiary alicyclic amines) is 1. The standard InChI is InChI=1S/C22H32N4O4S2/c1-24(2)15-16-26(32(29,30)22-6-4-5-21(17-22)31(3,27)28)20-9-13-25(14-10-20)18-19-7-11-23-12-8-19/h4-8,11-12,17,20H,9-10,13-16,18H2,1-3H3. The fourth-order valence-electron chi connectivity index (χ4n) is 3.91. The Balaban J connectivity index is 1.79. The molecule has 1 aliphatic rings. The first-order valence-electron chi connectivity index (χ1n) is 10.7. The largest absolute Gasteiger partial charge is 0.308 e. The number of hydrogen-bond acceptors (Lipinski definition) is 7. The summed E-state index contributed by atoms with van der Waals surface area (Å²) in [5.41, 5.74) is 1.19. The summed E-state index contributed by atoms with van der Waals surface area (Å²) in [5, 5.41) is 0. The molecule has 1 aromatic heterocycles. The molecule has 1 saturated heterocycles. The Morgan fingerprint density at radius 2 is 1.59 bits per heavy atom. The lowest BCUT2D eigenvalue weighted by Gasteiger charge is -2.38. The van der Waals surface area contributed by atoms with Gasteiger partial charge in [-0.3, -0.25) is 9.88 Å². The Morgan fingerprint density at radius 1 is 0.969 bits per heavy atom. The number of likely N-dealkylation sites (N-methyl/N-ethyl adjacent to an activating group) is 1. The van der Waals surface area contributed by atoms with E-state index in [1.165, 1.54) is 29.8 Å². The van der Waals surface area contributed by atoms with Crippen molar-refractivity contribution in [1.29, 1.82) is 0 Å². The van der Waals surface area contributed by atoms with E-state index >= 15 is 0 Å². The van der Waals surface area contributed by atoms with Gasteiger partial charge >= 0.3 is 0 Å². The molecule has 10 heteroatoms. The van der Waals surface area contributed by atoms with Crippen LogP contribution in [0.25, 0.3) is 0 Å². The highest BCUT2D eigenvalue weighted by atomic mass is 32.2. The predicted molar refractivity (Wildman–Crippen MR) is 125 cm³/mol. The molecule has 1 aromatic carbocycles. The third kappa shape index (κ3) is 6.35. The summed E-state index contributed by atoms with van der Waals surface area (Å²) in [6, 6.07) is 9.52. The Morgan fingerprint density at radius 3 is 2.19 bits per heavy atom. The van der Waals surface area contributed by atoms with Crippen LogP contribution in [0.3, 0.4) is 0 Å². The van der Waals surface area contributed by atoms with Gasteiger partial charge in [0.15, 0.2) is 9.84 Å². The number of sulfone groups is 1. The van der Waals surface area contributed by atoms with Gasteiger partial charge in [-0.05, 0) is 62.8 Å². The molecule has 2 heterocycles. The van der Waals surface area contributed by atoms with E-state index in [9.17, 15) is 16.8 Å². The maximum atomic E-state index is 13.6. The third-order valence-corrected chi connectivity index (χ3v) is 8.79. The van der Waals surface area contributed by atoms with Crippen LogP contribution >= 0.6 is 0 Å². The first-order valence-corrected chi connectivity index (χ1v) is 14.0. The van der Waals surface area contributed by atoms with Crippen molar-refractivity contribution in [2.45, 2.75) is 35.2 Å². The van der Waals surface area contributed by atoms with E-state index in [0.717, 1.165) is 38.7 Å². The molecule has 0 saturated carbocycles. The quantitative estimate of drug-likeness (QED) is 0.540. The molecule has 0 unspecified atom stereocenters. The molecule has 2 aromatic rings. The zero-order chi connectivity index (χ0) is 23.4. The average molecular weight is 481 g/mol. The van der Waals surface area contributed by atoms with Crippen LogP contribution in [-0.4, -0.2) is 88.5 Å². The first-order chi connectivity index (χ1) is 15.1. The van der Waals surface area contributed by atoms with Gasteiger partial charge in [0, 0.05) is 57.4 Å². The smallest absolute Gasteiger partial charge is 0.243 e. The number of rotatable bonds is 9. The molecular weight excluding hydrogens is 448 g/mol. The molecule has 0 spiro atoms. The topological polar surface area (TPSA) is 90.9 Å². The number of benzene rings is 1. The lowest BCUT2D eigenvalue weighted by atomic mass is 10.0. The van der Waals surface area contributed by atoms with E-state index in [4.69, 9.17) is 0 Å². The molecule has 0 radical (unpaired) electrons. The molecular formula is C22H32N4O4S2. The van der Waals surface area contributed by atoms with Crippen molar-refractivity contribution in [2.75, 3.05) is 46.5 Å². The molecule has 1 aliphatic heterocycles. The molecule has 0 N–H and O–H groups in total. The van der Waals surface area contributed by atoms with Crippen molar-refractivity contribution in [1.82, 2.24) is 19.1 Å². The van der Waals surface area contributed by atoms with Crippen molar-refractivity contribution in [2.24, 2.45) is 0 Å². The van der Waals surface area contributed by atoms with E-state index < -0.39 is 19.9 Å². The van der Waals surface area contributed by atoms with Crippen LogP contribution < -0.4 is 0 Å². The maximum Gasteiger partial charge on any atom is 0.243 e. The number of nitrogens with zero attached hydrogens (tertiary/aromatic N) is 4. The molecule has 8 nitrogen and oxygen atoms in total.